The van der Waals surface area contributed by atoms with E-state index in [4.69, 9.17) is 20.7 Å². The molecule has 1 atom stereocenters. The van der Waals surface area contributed by atoms with Gasteiger partial charge in [-0.2, -0.15) is 0 Å². The van der Waals surface area contributed by atoms with Crippen LogP contribution in [0.1, 0.15) is 38.9 Å². The van der Waals surface area contributed by atoms with Crippen LogP contribution in [0, 0.1) is 0 Å². The lowest BCUT2D eigenvalue weighted by atomic mass is 9.70. The van der Waals surface area contributed by atoms with Gasteiger partial charge >= 0.3 is 0 Å². The zero-order valence-corrected chi connectivity index (χ0v) is 42.7. The van der Waals surface area contributed by atoms with Gasteiger partial charge < -0.3 is 10.7 Å². The number of nitrogens with zero attached hydrogens (tertiary/aromatic N) is 4. The largest absolute Gasteiger partial charge is 0.326 e. The van der Waals surface area contributed by atoms with Crippen LogP contribution in [0.3, 0.4) is 0 Å². The highest BCUT2D eigenvalue weighted by Crippen LogP contribution is 2.63. The summed E-state index contributed by atoms with van der Waals surface area (Å²) in [5.41, 5.74) is 22.1. The van der Waals surface area contributed by atoms with Gasteiger partial charge in [-0.15, -0.1) is 0 Å². The molecule has 2 N–H and O–H groups in total. The quantitative estimate of drug-likeness (QED) is 0.168. The van der Waals surface area contributed by atoms with Crippen molar-refractivity contribution < 1.29 is 0 Å². The van der Waals surface area contributed by atoms with E-state index in [1.165, 1.54) is 82.7 Å². The van der Waals surface area contributed by atoms with Crippen LogP contribution in [0.4, 0.5) is 0 Å². The number of benzene rings is 12. The lowest BCUT2D eigenvalue weighted by molar-refractivity contribution is 0.792. The molecule has 1 unspecified atom stereocenters. The van der Waals surface area contributed by atoms with Crippen LogP contribution in [0.25, 0.3) is 99.5 Å². The average Bonchev–Trinajstić information content (AvgIpc) is 3.81. The Labute approximate surface area is 448 Å². The third-order valence-corrected chi connectivity index (χ3v) is 15.5. The Balaban J connectivity index is 0.000000328. The Morgan fingerprint density at radius 2 is 0.740 bits per heavy atom. The molecule has 0 saturated carbocycles. The maximum atomic E-state index is 5.62. The number of aliphatic imine (C=N–C) groups is 1. The molecule has 12 aromatic carbocycles. The Hall–Kier alpha value is -9.68. The highest BCUT2D eigenvalue weighted by Gasteiger charge is 2.51. The number of fused-ring (bicyclic) bond motifs is 14. The first kappa shape index (κ1) is 47.1. The fourth-order valence-corrected chi connectivity index (χ4v) is 12.2. The van der Waals surface area contributed by atoms with E-state index in [1.807, 2.05) is 18.2 Å². The molecule has 0 amide bonds. The molecular formula is C72H53N5. The lowest BCUT2D eigenvalue weighted by Gasteiger charge is -2.31. The van der Waals surface area contributed by atoms with Gasteiger partial charge in [0.15, 0.2) is 17.5 Å². The van der Waals surface area contributed by atoms with Gasteiger partial charge in [-0.05, 0) is 123 Å². The van der Waals surface area contributed by atoms with Gasteiger partial charge in [-0.3, -0.25) is 0 Å². The molecule has 366 valence electrons. The molecule has 0 radical (unpaired) electrons. The van der Waals surface area contributed by atoms with Crippen LogP contribution >= 0.6 is 0 Å². The van der Waals surface area contributed by atoms with Crippen LogP contribution in [0.15, 0.2) is 260 Å². The Morgan fingerprint density at radius 3 is 1.29 bits per heavy atom. The number of hydrogen-bond donors (Lipinski definition) is 1. The van der Waals surface area contributed by atoms with E-state index in [2.05, 4.69) is 248 Å². The maximum absolute atomic E-state index is 5.62. The lowest BCUT2D eigenvalue weighted by Crippen LogP contribution is -2.26. The molecule has 1 aromatic heterocycles. The predicted octanol–water partition coefficient (Wildman–Crippen LogP) is 16.9. The molecular weight excluding hydrogens is 935 g/mol. The highest BCUT2D eigenvalue weighted by atomic mass is 15.0. The van der Waals surface area contributed by atoms with E-state index in [9.17, 15) is 0 Å². The minimum atomic E-state index is -0.535. The van der Waals surface area contributed by atoms with E-state index in [-0.39, 0.29) is 0 Å². The minimum absolute atomic E-state index is 0.535. The molecule has 2 aliphatic carbocycles. The summed E-state index contributed by atoms with van der Waals surface area (Å²) in [5.74, 6) is 1.96. The second-order valence-corrected chi connectivity index (χ2v) is 19.8. The number of aromatic nitrogens is 3. The fraction of sp³-hybridized carbons (Fsp3) is 0.0556. The van der Waals surface area contributed by atoms with E-state index in [0.29, 0.717) is 24.0 Å². The molecule has 5 heteroatoms. The summed E-state index contributed by atoms with van der Waals surface area (Å²) >= 11 is 0. The molecule has 13 aromatic rings. The van der Waals surface area contributed by atoms with Crippen LogP contribution < -0.4 is 5.73 Å². The number of hydrogen-bond acceptors (Lipinski definition) is 5. The van der Waals surface area contributed by atoms with Gasteiger partial charge in [0.1, 0.15) is 0 Å². The average molecular weight is 988 g/mol. The fourth-order valence-electron chi connectivity index (χ4n) is 12.2. The summed E-state index contributed by atoms with van der Waals surface area (Å²) in [6.07, 6.45) is 0.842. The van der Waals surface area contributed by atoms with Gasteiger partial charge in [0.25, 0.3) is 0 Å². The van der Waals surface area contributed by atoms with E-state index in [1.54, 1.807) is 7.05 Å². The SMILES string of the molecule is C=NC.NCc1cccc2ccccc12.c1ccc2c(c1)-c1ccc(Cc3cccc4ccccc34)cc1C21c2ccccc2-c2ccc(-c3nc(-c4cccc5ccccc45)nc(-c4cccc5ccccc45)n3)cc21. The second kappa shape index (κ2) is 19.9. The van der Waals surface area contributed by atoms with Crippen molar-refractivity contribution in [3.63, 3.8) is 0 Å². The molecule has 0 aliphatic heterocycles. The molecule has 5 nitrogen and oxygen atoms in total. The first-order valence-electron chi connectivity index (χ1n) is 26.2. The molecule has 2 aliphatic rings. The molecule has 0 fully saturated rings. The summed E-state index contributed by atoms with van der Waals surface area (Å²) in [4.78, 5) is 19.3. The topological polar surface area (TPSA) is 77.0 Å². The van der Waals surface area contributed by atoms with Crippen molar-refractivity contribution in [2.45, 2.75) is 18.4 Å². The zero-order chi connectivity index (χ0) is 51.9. The van der Waals surface area contributed by atoms with E-state index >= 15 is 0 Å². The van der Waals surface area contributed by atoms with Gasteiger partial charge in [0.05, 0.1) is 5.41 Å². The molecule has 15 rings (SSSR count). The predicted molar refractivity (Wildman–Crippen MR) is 322 cm³/mol. The van der Waals surface area contributed by atoms with Crippen LogP contribution in [-0.2, 0) is 18.4 Å². The summed E-state index contributed by atoms with van der Waals surface area (Å²) in [5, 5.41) is 9.62. The van der Waals surface area contributed by atoms with Crippen molar-refractivity contribution in [3.05, 3.63) is 294 Å². The van der Waals surface area contributed by atoms with E-state index in [0.717, 1.165) is 44.7 Å². The van der Waals surface area contributed by atoms with Gasteiger partial charge in [-0.1, -0.05) is 249 Å². The summed E-state index contributed by atoms with van der Waals surface area (Å²) in [6.45, 7) is 3.72. The Kier molecular flexibility index (Phi) is 12.1. The highest BCUT2D eigenvalue weighted by molar-refractivity contribution is 5.99. The van der Waals surface area contributed by atoms with Crippen molar-refractivity contribution >= 4 is 49.8 Å². The van der Waals surface area contributed by atoms with Gasteiger partial charge in [0.2, 0.25) is 0 Å². The Morgan fingerprint density at radius 1 is 0.364 bits per heavy atom. The van der Waals surface area contributed by atoms with Crippen molar-refractivity contribution in [2.75, 3.05) is 7.05 Å². The number of nitrogens with two attached hydrogens (primary N) is 1. The monoisotopic (exact) mass is 987 g/mol. The zero-order valence-electron chi connectivity index (χ0n) is 42.7. The normalized spacial score (nSPS) is 13.5. The molecule has 77 heavy (non-hydrogen) atoms. The summed E-state index contributed by atoms with van der Waals surface area (Å²) < 4.78 is 0. The standard InChI is InChI=1S/C59H37N3.C11H11N.C2H5N/c1-4-21-43-38(14-1)17-11-20-41(43)34-37-30-32-48-46-24-7-9-28-52(46)59(54(48)35-37)53-29-10-8-25-47(53)49-33-31-42(36-55(49)59)56-60-57(50-26-12-18-39-15-2-5-22-44(39)50)62-58(61-56)51-27-13-19-40-16-3-6-23-45(40)51;12-8-10-6-3-5-9-4-1-2-7-11(9)10;1-3-2/h1-33,35-36H,34H2;1-7H,8,12H2;1H2,2H3. The third kappa shape index (κ3) is 8.08. The van der Waals surface area contributed by atoms with E-state index < -0.39 is 5.41 Å². The molecule has 1 heterocycles. The van der Waals surface area contributed by atoms with Gasteiger partial charge in [-0.25, -0.2) is 15.0 Å². The first-order chi connectivity index (χ1) is 38.0. The van der Waals surface area contributed by atoms with Crippen LogP contribution in [-0.4, -0.2) is 28.7 Å². The second-order valence-electron chi connectivity index (χ2n) is 19.8. The van der Waals surface area contributed by atoms with Crippen molar-refractivity contribution in [3.8, 4) is 56.4 Å². The number of rotatable bonds is 6. The van der Waals surface area contributed by atoms with Gasteiger partial charge in [0, 0.05) is 30.3 Å². The maximum Gasteiger partial charge on any atom is 0.164 e. The van der Waals surface area contributed by atoms with Crippen LogP contribution in [0.2, 0.25) is 0 Å². The molecule has 0 bridgehead atoms. The molecule has 1 spiro atoms. The first-order valence-corrected chi connectivity index (χ1v) is 26.2. The summed E-state index contributed by atoms with van der Waals surface area (Å²) in [7, 11) is 1.64. The summed E-state index contributed by atoms with van der Waals surface area (Å²) in [6, 6.07) is 91.8. The minimum Gasteiger partial charge on any atom is -0.326 e. The smallest absolute Gasteiger partial charge is 0.164 e. The molecule has 0 saturated heterocycles. The Bertz CT molecular complexity index is 4290. The third-order valence-electron chi connectivity index (χ3n) is 15.5. The van der Waals surface area contributed by atoms with Crippen molar-refractivity contribution in [1.82, 2.24) is 15.0 Å². The van der Waals surface area contributed by atoms with Crippen LogP contribution in [0.5, 0.6) is 0 Å². The van der Waals surface area contributed by atoms with Crippen molar-refractivity contribution in [2.24, 2.45) is 10.7 Å². The van der Waals surface area contributed by atoms with Crippen molar-refractivity contribution in [1.29, 1.82) is 0 Å².